The van der Waals surface area contributed by atoms with E-state index in [1.54, 1.807) is 18.2 Å². The number of para-hydroxylation sites is 1. The Kier molecular flexibility index (Phi) is 4.60. The summed E-state index contributed by atoms with van der Waals surface area (Å²) >= 11 is 5.94. The molecule has 0 fully saturated rings. The second-order valence-corrected chi connectivity index (χ2v) is 6.93. The molecule has 0 atom stereocenters. The molecule has 28 heavy (non-hydrogen) atoms. The Bertz CT molecular complexity index is 1250. The number of nitrogens with zero attached hydrogens (tertiary/aromatic N) is 2. The van der Waals surface area contributed by atoms with Crippen LogP contribution < -0.4 is 0 Å². The van der Waals surface area contributed by atoms with Gasteiger partial charge in [0.05, 0.1) is 22.3 Å². The van der Waals surface area contributed by atoms with Gasteiger partial charge in [0.15, 0.2) is 0 Å². The van der Waals surface area contributed by atoms with E-state index in [-0.39, 0.29) is 5.56 Å². The molecule has 0 bridgehead atoms. The molecule has 1 heterocycles. The summed E-state index contributed by atoms with van der Waals surface area (Å²) in [5.41, 5.74) is 4.36. The minimum Gasteiger partial charge on any atom is -0.478 e. The fraction of sp³-hybridized carbons (Fsp3) is 0.0435. The quantitative estimate of drug-likeness (QED) is 0.507. The summed E-state index contributed by atoms with van der Waals surface area (Å²) in [5, 5.41) is 20.2. The van der Waals surface area contributed by atoms with E-state index < -0.39 is 5.97 Å². The standard InChI is InChI=1S/C23H15ClN2O2/c24-19-7-6-16(20(13-19)23(27)28)11-15-5-8-22-17(12-15)9-10-26(22)21-4-2-1-3-18(21)14-25/h1-10,12-13H,11H2,(H,27,28). The lowest BCUT2D eigenvalue weighted by atomic mass is 9.99. The smallest absolute Gasteiger partial charge is 0.336 e. The number of aromatic nitrogens is 1. The van der Waals surface area contributed by atoms with Gasteiger partial charge in [-0.3, -0.25) is 0 Å². The van der Waals surface area contributed by atoms with Crippen LogP contribution in [0.15, 0.2) is 72.9 Å². The lowest BCUT2D eigenvalue weighted by Gasteiger charge is -2.09. The van der Waals surface area contributed by atoms with Gasteiger partial charge in [-0.2, -0.15) is 5.26 Å². The topological polar surface area (TPSA) is 66.0 Å². The van der Waals surface area contributed by atoms with Crippen LogP contribution in [0.3, 0.4) is 0 Å². The van der Waals surface area contributed by atoms with Gasteiger partial charge < -0.3 is 9.67 Å². The second-order valence-electron chi connectivity index (χ2n) is 6.49. The highest BCUT2D eigenvalue weighted by Crippen LogP contribution is 2.26. The van der Waals surface area contributed by atoms with Gasteiger partial charge in [0.25, 0.3) is 0 Å². The fourth-order valence-corrected chi connectivity index (χ4v) is 3.58. The van der Waals surface area contributed by atoms with E-state index in [2.05, 4.69) is 6.07 Å². The van der Waals surface area contributed by atoms with Gasteiger partial charge >= 0.3 is 5.97 Å². The molecule has 0 aliphatic heterocycles. The van der Waals surface area contributed by atoms with Gasteiger partial charge in [0, 0.05) is 16.6 Å². The minimum atomic E-state index is -0.988. The molecule has 0 amide bonds. The van der Waals surface area contributed by atoms with Crippen LogP contribution in [0.25, 0.3) is 16.6 Å². The van der Waals surface area contributed by atoms with Crippen LogP contribution in [0.1, 0.15) is 27.0 Å². The van der Waals surface area contributed by atoms with Gasteiger partial charge in [0.2, 0.25) is 0 Å². The number of hydrogen-bond acceptors (Lipinski definition) is 2. The molecule has 0 saturated carbocycles. The number of benzene rings is 3. The number of carboxylic acids is 1. The second kappa shape index (κ2) is 7.22. The number of fused-ring (bicyclic) bond motifs is 1. The van der Waals surface area contributed by atoms with Crippen LogP contribution >= 0.6 is 11.6 Å². The third kappa shape index (κ3) is 3.24. The zero-order chi connectivity index (χ0) is 19.7. The summed E-state index contributed by atoms with van der Waals surface area (Å²) in [6.45, 7) is 0. The molecular formula is C23H15ClN2O2. The first kappa shape index (κ1) is 17.8. The summed E-state index contributed by atoms with van der Waals surface area (Å²) in [6, 6.07) is 22.6. The number of aromatic carboxylic acids is 1. The Morgan fingerprint density at radius 1 is 1.07 bits per heavy atom. The van der Waals surface area contributed by atoms with E-state index in [0.29, 0.717) is 22.6 Å². The van der Waals surface area contributed by atoms with Crippen molar-refractivity contribution in [1.82, 2.24) is 4.57 Å². The number of nitriles is 1. The van der Waals surface area contributed by atoms with Gasteiger partial charge in [-0.15, -0.1) is 0 Å². The van der Waals surface area contributed by atoms with Gasteiger partial charge in [-0.1, -0.05) is 35.9 Å². The maximum atomic E-state index is 11.5. The van der Waals surface area contributed by atoms with Crippen molar-refractivity contribution in [3.63, 3.8) is 0 Å². The highest BCUT2D eigenvalue weighted by atomic mass is 35.5. The van der Waals surface area contributed by atoms with E-state index in [1.165, 1.54) is 6.07 Å². The molecule has 0 saturated heterocycles. The summed E-state index contributed by atoms with van der Waals surface area (Å²) < 4.78 is 1.99. The Labute approximate surface area is 166 Å². The van der Waals surface area contributed by atoms with Crippen LogP contribution in [0.5, 0.6) is 0 Å². The fourth-order valence-electron chi connectivity index (χ4n) is 3.41. The molecule has 1 aromatic heterocycles. The van der Waals surface area contributed by atoms with Crippen LogP contribution in [0.2, 0.25) is 5.02 Å². The molecule has 4 nitrogen and oxygen atoms in total. The Balaban J connectivity index is 1.73. The average Bonchev–Trinajstić information content (AvgIpc) is 3.12. The van der Waals surface area contributed by atoms with Crippen molar-refractivity contribution in [1.29, 1.82) is 5.26 Å². The molecule has 3 aromatic carbocycles. The molecule has 4 aromatic rings. The first-order valence-corrected chi connectivity index (χ1v) is 9.06. The summed E-state index contributed by atoms with van der Waals surface area (Å²) in [4.78, 5) is 11.5. The first-order valence-electron chi connectivity index (χ1n) is 8.68. The summed E-state index contributed by atoms with van der Waals surface area (Å²) in [7, 11) is 0. The van der Waals surface area contributed by atoms with E-state index in [4.69, 9.17) is 11.6 Å². The van der Waals surface area contributed by atoms with Gasteiger partial charge in [-0.05, 0) is 60.0 Å². The van der Waals surface area contributed by atoms with Crippen molar-refractivity contribution in [3.05, 3.63) is 100 Å². The van der Waals surface area contributed by atoms with Crippen molar-refractivity contribution in [2.24, 2.45) is 0 Å². The normalized spacial score (nSPS) is 10.7. The largest absolute Gasteiger partial charge is 0.478 e. The van der Waals surface area contributed by atoms with E-state index in [0.717, 1.165) is 22.2 Å². The Hall–Kier alpha value is -3.55. The number of carbonyl (C=O) groups is 1. The first-order chi connectivity index (χ1) is 13.6. The van der Waals surface area contributed by atoms with E-state index >= 15 is 0 Å². The van der Waals surface area contributed by atoms with Crippen molar-refractivity contribution in [2.75, 3.05) is 0 Å². The van der Waals surface area contributed by atoms with Crippen molar-refractivity contribution in [3.8, 4) is 11.8 Å². The highest BCUT2D eigenvalue weighted by molar-refractivity contribution is 6.31. The summed E-state index contributed by atoms with van der Waals surface area (Å²) in [6.07, 6.45) is 2.43. The average molecular weight is 387 g/mol. The Morgan fingerprint density at radius 2 is 1.89 bits per heavy atom. The lowest BCUT2D eigenvalue weighted by molar-refractivity contribution is 0.0696. The zero-order valence-corrected chi connectivity index (χ0v) is 15.5. The Morgan fingerprint density at radius 3 is 2.68 bits per heavy atom. The van der Waals surface area contributed by atoms with E-state index in [9.17, 15) is 15.2 Å². The van der Waals surface area contributed by atoms with Crippen molar-refractivity contribution < 1.29 is 9.90 Å². The molecule has 4 rings (SSSR count). The maximum absolute atomic E-state index is 11.5. The van der Waals surface area contributed by atoms with Crippen LogP contribution in [-0.2, 0) is 6.42 Å². The third-order valence-electron chi connectivity index (χ3n) is 4.74. The molecular weight excluding hydrogens is 372 g/mol. The van der Waals surface area contributed by atoms with Gasteiger partial charge in [0.1, 0.15) is 6.07 Å². The predicted molar refractivity (Wildman–Crippen MR) is 109 cm³/mol. The number of rotatable bonds is 4. The monoisotopic (exact) mass is 386 g/mol. The van der Waals surface area contributed by atoms with E-state index in [1.807, 2.05) is 53.2 Å². The number of hydrogen-bond donors (Lipinski definition) is 1. The van der Waals surface area contributed by atoms with Crippen LogP contribution in [0, 0.1) is 11.3 Å². The van der Waals surface area contributed by atoms with Gasteiger partial charge in [-0.25, -0.2) is 4.79 Å². The lowest BCUT2D eigenvalue weighted by Crippen LogP contribution is -2.03. The molecule has 0 aliphatic rings. The molecule has 0 unspecified atom stereocenters. The van der Waals surface area contributed by atoms with Crippen LogP contribution in [0.4, 0.5) is 0 Å². The summed E-state index contributed by atoms with van der Waals surface area (Å²) in [5.74, 6) is -0.988. The molecule has 5 heteroatoms. The predicted octanol–water partition coefficient (Wildman–Crippen LogP) is 5.44. The molecule has 0 aliphatic carbocycles. The third-order valence-corrected chi connectivity index (χ3v) is 4.97. The number of halogens is 1. The number of carboxylic acid groups (broad SMARTS) is 1. The maximum Gasteiger partial charge on any atom is 0.336 e. The molecule has 0 spiro atoms. The van der Waals surface area contributed by atoms with Crippen molar-refractivity contribution >= 4 is 28.5 Å². The zero-order valence-electron chi connectivity index (χ0n) is 14.8. The SMILES string of the molecule is N#Cc1ccccc1-n1ccc2cc(Cc3ccc(Cl)cc3C(=O)O)ccc21. The molecule has 0 radical (unpaired) electrons. The highest BCUT2D eigenvalue weighted by Gasteiger charge is 2.13. The minimum absolute atomic E-state index is 0.216. The molecule has 1 N–H and O–H groups in total. The van der Waals surface area contributed by atoms with Crippen molar-refractivity contribution in [2.45, 2.75) is 6.42 Å². The van der Waals surface area contributed by atoms with Crippen LogP contribution in [-0.4, -0.2) is 15.6 Å². The molecule has 136 valence electrons.